The van der Waals surface area contributed by atoms with E-state index in [4.69, 9.17) is 0 Å². The van der Waals surface area contributed by atoms with E-state index < -0.39 is 5.54 Å². The molecule has 37 heavy (non-hydrogen) atoms. The van der Waals surface area contributed by atoms with Crippen molar-refractivity contribution in [2.75, 3.05) is 47.8 Å². The molecule has 204 valence electrons. The number of benzene rings is 1. The second kappa shape index (κ2) is 10.3. The van der Waals surface area contributed by atoms with Crippen molar-refractivity contribution in [3.8, 4) is 0 Å². The Kier molecular flexibility index (Phi) is 7.62. The molecular formula is C29H45N5O3. The van der Waals surface area contributed by atoms with Crippen molar-refractivity contribution in [1.82, 2.24) is 24.9 Å². The summed E-state index contributed by atoms with van der Waals surface area (Å²) in [5, 5.41) is 2.64. The van der Waals surface area contributed by atoms with Gasteiger partial charge in [0.05, 0.1) is 5.54 Å². The highest BCUT2D eigenvalue weighted by atomic mass is 16.2. The second-order valence-electron chi connectivity index (χ2n) is 12.2. The molecular weight excluding hydrogens is 466 g/mol. The molecule has 1 aromatic rings. The summed E-state index contributed by atoms with van der Waals surface area (Å²) in [6.07, 6.45) is 7.32. The first-order chi connectivity index (χ1) is 17.5. The summed E-state index contributed by atoms with van der Waals surface area (Å²) in [4.78, 5) is 47.1. The summed E-state index contributed by atoms with van der Waals surface area (Å²) < 4.78 is 0. The van der Waals surface area contributed by atoms with Crippen LogP contribution in [0.1, 0.15) is 64.4 Å². The van der Waals surface area contributed by atoms with Crippen LogP contribution in [0.4, 0.5) is 4.79 Å². The average Bonchev–Trinajstić information content (AvgIpc) is 3.10. The summed E-state index contributed by atoms with van der Waals surface area (Å²) in [5.41, 5.74) is 0.0215. The van der Waals surface area contributed by atoms with E-state index in [0.29, 0.717) is 12.5 Å². The number of carbonyl (C=O) groups is 3. The first kappa shape index (κ1) is 27.4. The fourth-order valence-corrected chi connectivity index (χ4v) is 6.55. The van der Waals surface area contributed by atoms with Crippen LogP contribution in [0.25, 0.3) is 0 Å². The topological polar surface area (TPSA) is 76.2 Å². The van der Waals surface area contributed by atoms with E-state index in [1.54, 1.807) is 32.8 Å². The Hall–Kier alpha value is -2.61. The molecule has 4 amide bonds. The molecule has 1 spiro atoms. The Morgan fingerprint density at radius 3 is 2.19 bits per heavy atom. The van der Waals surface area contributed by atoms with Crippen LogP contribution in [-0.2, 0) is 15.1 Å². The number of hydrogen-bond acceptors (Lipinski definition) is 4. The fourth-order valence-electron chi connectivity index (χ4n) is 6.55. The van der Waals surface area contributed by atoms with Crippen LogP contribution in [0.3, 0.4) is 0 Å². The number of nitrogens with one attached hydrogen (secondary N) is 1. The van der Waals surface area contributed by atoms with Crippen molar-refractivity contribution >= 4 is 17.8 Å². The standard InChI is InChI=1S/C29H45N5O3/c1-27(2,25(36)30-3)32(6)24(35)20-33-21-28(34(26(33)37)19-22-11-10-12-22)15-17-29(18-16-28,31(4)5)23-13-8-7-9-14-23/h7-9,13-14,22H,10-12,15-21H2,1-6H3,(H,30,36)/t28-,29-. The lowest BCUT2D eigenvalue weighted by Gasteiger charge is -2.51. The third kappa shape index (κ3) is 4.85. The van der Waals surface area contributed by atoms with Crippen molar-refractivity contribution < 1.29 is 14.4 Å². The largest absolute Gasteiger partial charge is 0.357 e. The normalized spacial score (nSPS) is 26.5. The van der Waals surface area contributed by atoms with Crippen molar-refractivity contribution in [2.24, 2.45) is 5.92 Å². The fraction of sp³-hybridized carbons (Fsp3) is 0.690. The van der Waals surface area contributed by atoms with Crippen LogP contribution in [0.5, 0.6) is 0 Å². The van der Waals surface area contributed by atoms with Crippen LogP contribution < -0.4 is 5.32 Å². The lowest BCUT2D eigenvalue weighted by molar-refractivity contribution is -0.144. The van der Waals surface area contributed by atoms with Gasteiger partial charge in [-0.25, -0.2) is 4.79 Å². The molecule has 1 N–H and O–H groups in total. The van der Waals surface area contributed by atoms with E-state index in [-0.39, 0.29) is 35.5 Å². The summed E-state index contributed by atoms with van der Waals surface area (Å²) >= 11 is 0. The van der Waals surface area contributed by atoms with Crippen molar-refractivity contribution in [3.05, 3.63) is 35.9 Å². The Labute approximate surface area is 222 Å². The van der Waals surface area contributed by atoms with Gasteiger partial charge in [-0.2, -0.15) is 0 Å². The van der Waals surface area contributed by atoms with Crippen LogP contribution in [0.15, 0.2) is 30.3 Å². The molecule has 0 bridgehead atoms. The van der Waals surface area contributed by atoms with Gasteiger partial charge in [0.2, 0.25) is 11.8 Å². The van der Waals surface area contributed by atoms with E-state index in [1.165, 1.54) is 29.7 Å². The highest BCUT2D eigenvalue weighted by Gasteiger charge is 2.55. The van der Waals surface area contributed by atoms with Crippen molar-refractivity contribution in [1.29, 1.82) is 0 Å². The average molecular weight is 512 g/mol. The van der Waals surface area contributed by atoms with Gasteiger partial charge in [-0.3, -0.25) is 14.5 Å². The summed E-state index contributed by atoms with van der Waals surface area (Å²) in [7, 11) is 7.53. The van der Waals surface area contributed by atoms with Gasteiger partial charge >= 0.3 is 6.03 Å². The molecule has 2 aliphatic carbocycles. The predicted molar refractivity (Wildman–Crippen MR) is 145 cm³/mol. The minimum atomic E-state index is -0.996. The number of urea groups is 1. The Morgan fingerprint density at radius 2 is 1.68 bits per heavy atom. The first-order valence-corrected chi connectivity index (χ1v) is 13.8. The molecule has 3 aliphatic rings. The third-order valence-electron chi connectivity index (χ3n) is 9.72. The molecule has 1 aromatic carbocycles. The highest BCUT2D eigenvalue weighted by Crippen LogP contribution is 2.49. The number of hydrogen-bond donors (Lipinski definition) is 1. The van der Waals surface area contributed by atoms with Gasteiger partial charge in [0, 0.05) is 32.7 Å². The van der Waals surface area contributed by atoms with E-state index in [0.717, 1.165) is 32.2 Å². The zero-order chi connectivity index (χ0) is 27.0. The number of nitrogens with zero attached hydrogens (tertiary/aromatic N) is 4. The Morgan fingerprint density at radius 1 is 1.05 bits per heavy atom. The smallest absolute Gasteiger partial charge is 0.321 e. The van der Waals surface area contributed by atoms with Gasteiger partial charge in [-0.1, -0.05) is 36.8 Å². The van der Waals surface area contributed by atoms with E-state index >= 15 is 0 Å². The molecule has 4 rings (SSSR count). The molecule has 1 aliphatic heterocycles. The van der Waals surface area contributed by atoms with E-state index in [1.807, 2.05) is 0 Å². The molecule has 8 heteroatoms. The van der Waals surface area contributed by atoms with Gasteiger partial charge in [0.25, 0.3) is 0 Å². The minimum absolute atomic E-state index is 0.00379. The monoisotopic (exact) mass is 511 g/mol. The predicted octanol–water partition coefficient (Wildman–Crippen LogP) is 3.28. The number of rotatable bonds is 8. The summed E-state index contributed by atoms with van der Waals surface area (Å²) in [5.74, 6) is 0.110. The molecule has 0 radical (unpaired) electrons. The van der Waals surface area contributed by atoms with Gasteiger partial charge in [-0.05, 0) is 77.9 Å². The minimum Gasteiger partial charge on any atom is -0.357 e. The van der Waals surface area contributed by atoms with Gasteiger partial charge in [0.1, 0.15) is 12.1 Å². The quantitative estimate of drug-likeness (QED) is 0.581. The van der Waals surface area contributed by atoms with E-state index in [9.17, 15) is 14.4 Å². The maximum atomic E-state index is 13.8. The lowest BCUT2D eigenvalue weighted by Crippen LogP contribution is -2.56. The maximum absolute atomic E-state index is 13.8. The number of amides is 4. The van der Waals surface area contributed by atoms with Gasteiger partial charge in [0.15, 0.2) is 0 Å². The zero-order valence-corrected chi connectivity index (χ0v) is 23.5. The van der Waals surface area contributed by atoms with Gasteiger partial charge in [-0.15, -0.1) is 0 Å². The summed E-state index contributed by atoms with van der Waals surface area (Å²) in [6, 6.07) is 10.7. The molecule has 2 saturated carbocycles. The van der Waals surface area contributed by atoms with Crippen molar-refractivity contribution in [3.63, 3.8) is 0 Å². The lowest BCUT2D eigenvalue weighted by atomic mass is 9.68. The van der Waals surface area contributed by atoms with Crippen LogP contribution in [-0.4, -0.2) is 96.3 Å². The van der Waals surface area contributed by atoms with E-state index in [2.05, 4.69) is 59.5 Å². The molecule has 0 atom stereocenters. The zero-order valence-electron chi connectivity index (χ0n) is 23.5. The molecule has 8 nitrogen and oxygen atoms in total. The van der Waals surface area contributed by atoms with Crippen LogP contribution >= 0.6 is 0 Å². The number of carbonyl (C=O) groups excluding carboxylic acids is 3. The molecule has 0 aromatic heterocycles. The maximum Gasteiger partial charge on any atom is 0.321 e. The molecule has 0 unspecified atom stereocenters. The Balaban J connectivity index is 1.55. The SMILES string of the molecule is CNC(=O)C(C)(C)N(C)C(=O)CN1C[C@]2(CC[C@@](c3ccccc3)(N(C)C)CC2)N(CC2CCC2)C1=O. The molecule has 1 saturated heterocycles. The van der Waals surface area contributed by atoms with Gasteiger partial charge < -0.3 is 20.0 Å². The van der Waals surface area contributed by atoms with Crippen molar-refractivity contribution in [2.45, 2.75) is 75.4 Å². The highest BCUT2D eigenvalue weighted by molar-refractivity contribution is 5.92. The third-order valence-corrected chi connectivity index (χ3v) is 9.72. The Bertz CT molecular complexity index is 996. The summed E-state index contributed by atoms with van der Waals surface area (Å²) in [6.45, 7) is 4.80. The second-order valence-corrected chi connectivity index (χ2v) is 12.2. The molecule has 3 fully saturated rings. The van der Waals surface area contributed by atoms with Crippen LogP contribution in [0.2, 0.25) is 0 Å². The first-order valence-electron chi connectivity index (χ1n) is 13.8. The molecule has 1 heterocycles. The van der Waals surface area contributed by atoms with Crippen LogP contribution in [0, 0.1) is 5.92 Å². The number of likely N-dealkylation sites (N-methyl/N-ethyl adjacent to an activating group) is 2.